The van der Waals surface area contributed by atoms with Gasteiger partial charge < -0.3 is 4.98 Å². The molecule has 0 spiro atoms. The summed E-state index contributed by atoms with van der Waals surface area (Å²) < 4.78 is 0. The van der Waals surface area contributed by atoms with Gasteiger partial charge in [0.2, 0.25) is 0 Å². The van der Waals surface area contributed by atoms with E-state index in [-0.39, 0.29) is 0 Å². The minimum absolute atomic E-state index is 1.01. The summed E-state index contributed by atoms with van der Waals surface area (Å²) in [5, 5.41) is 0. The first kappa shape index (κ1) is 20.4. The molecule has 2 nitrogen and oxygen atoms in total. The second-order valence-electron chi connectivity index (χ2n) is 8.80. The Morgan fingerprint density at radius 3 is 2.52 bits per heavy atom. The molecule has 0 aliphatic heterocycles. The average molecular weight is 369 g/mol. The number of aromatic nitrogens is 2. The predicted molar refractivity (Wildman–Crippen MR) is 117 cm³/mol. The molecule has 1 aromatic heterocycles. The van der Waals surface area contributed by atoms with E-state index in [9.17, 15) is 0 Å². The Morgan fingerprint density at radius 2 is 1.67 bits per heavy atom. The van der Waals surface area contributed by atoms with Crippen LogP contribution in [-0.4, -0.2) is 9.97 Å². The highest BCUT2D eigenvalue weighted by molar-refractivity contribution is 5.75. The van der Waals surface area contributed by atoms with Gasteiger partial charge in [-0.1, -0.05) is 90.0 Å². The number of imidazole rings is 1. The molecule has 3 rings (SSSR count). The summed E-state index contributed by atoms with van der Waals surface area (Å²) in [6, 6.07) is 6.83. The molecule has 0 saturated heterocycles. The number of fused-ring (bicyclic) bond motifs is 1. The zero-order valence-electron chi connectivity index (χ0n) is 17.6. The van der Waals surface area contributed by atoms with Gasteiger partial charge in [0.15, 0.2) is 0 Å². The number of aryl methyl sites for hydroxylation is 2. The van der Waals surface area contributed by atoms with Crippen LogP contribution in [0, 0.1) is 5.92 Å². The Balaban J connectivity index is 1.39. The molecule has 1 aliphatic carbocycles. The first-order valence-corrected chi connectivity index (χ1v) is 11.8. The van der Waals surface area contributed by atoms with E-state index in [0.29, 0.717) is 0 Å². The molecule has 1 aromatic carbocycles. The number of nitrogens with one attached hydrogen (secondary N) is 1. The summed E-state index contributed by atoms with van der Waals surface area (Å²) in [4.78, 5) is 8.39. The van der Waals surface area contributed by atoms with Crippen LogP contribution in [0.1, 0.15) is 108 Å². The Labute approximate surface area is 166 Å². The Kier molecular flexibility index (Phi) is 8.71. The minimum atomic E-state index is 1.01. The van der Waals surface area contributed by atoms with Gasteiger partial charge >= 0.3 is 0 Å². The van der Waals surface area contributed by atoms with E-state index in [1.807, 2.05) is 0 Å². The van der Waals surface area contributed by atoms with Crippen molar-refractivity contribution in [2.24, 2.45) is 5.92 Å². The van der Waals surface area contributed by atoms with E-state index in [1.54, 1.807) is 0 Å². The van der Waals surface area contributed by atoms with Crippen LogP contribution in [0.25, 0.3) is 11.0 Å². The normalized spacial score (nSPS) is 15.6. The number of hydrogen-bond acceptors (Lipinski definition) is 1. The molecule has 2 heteroatoms. The third kappa shape index (κ3) is 6.97. The topological polar surface area (TPSA) is 28.7 Å². The highest BCUT2D eigenvalue weighted by Gasteiger charge is 2.12. The predicted octanol–water partition coefficient (Wildman–Crippen LogP) is 7.76. The number of rotatable bonds is 12. The molecule has 1 N–H and O–H groups in total. The first-order valence-electron chi connectivity index (χ1n) is 11.8. The molecule has 1 fully saturated rings. The van der Waals surface area contributed by atoms with Crippen molar-refractivity contribution in [2.45, 2.75) is 110 Å². The van der Waals surface area contributed by atoms with Crippen LogP contribution >= 0.6 is 0 Å². The summed E-state index contributed by atoms with van der Waals surface area (Å²) in [7, 11) is 0. The van der Waals surface area contributed by atoms with Crippen LogP contribution in [0.2, 0.25) is 0 Å². The van der Waals surface area contributed by atoms with Gasteiger partial charge in [-0.05, 0) is 42.9 Å². The fourth-order valence-corrected chi connectivity index (χ4v) is 4.69. The lowest BCUT2D eigenvalue weighted by Gasteiger charge is -2.21. The second-order valence-corrected chi connectivity index (χ2v) is 8.80. The molecule has 1 saturated carbocycles. The third-order valence-electron chi connectivity index (χ3n) is 6.42. The maximum atomic E-state index is 4.81. The van der Waals surface area contributed by atoms with Crippen molar-refractivity contribution >= 4 is 11.0 Å². The fourth-order valence-electron chi connectivity index (χ4n) is 4.69. The number of aromatic amines is 1. The Hall–Kier alpha value is -1.31. The summed E-state index contributed by atoms with van der Waals surface area (Å²) in [6.45, 7) is 2.28. The number of benzene rings is 1. The lowest BCUT2D eigenvalue weighted by atomic mass is 9.85. The summed E-state index contributed by atoms with van der Waals surface area (Å²) in [5.41, 5.74) is 3.84. The average Bonchev–Trinajstić information content (AvgIpc) is 3.11. The van der Waals surface area contributed by atoms with Crippen LogP contribution in [0.5, 0.6) is 0 Å². The summed E-state index contributed by atoms with van der Waals surface area (Å²) in [6.07, 6.45) is 22.0. The molecule has 0 amide bonds. The Bertz CT molecular complexity index is 651. The maximum Gasteiger partial charge on any atom is 0.107 e. The lowest BCUT2D eigenvalue weighted by Crippen LogP contribution is -2.06. The molecule has 150 valence electrons. The van der Waals surface area contributed by atoms with Gasteiger partial charge in [-0.25, -0.2) is 4.98 Å². The van der Waals surface area contributed by atoms with E-state index < -0.39 is 0 Å². The van der Waals surface area contributed by atoms with Crippen LogP contribution in [-0.2, 0) is 12.8 Å². The van der Waals surface area contributed by atoms with Gasteiger partial charge in [0.1, 0.15) is 5.82 Å². The van der Waals surface area contributed by atoms with Crippen LogP contribution in [0.4, 0.5) is 0 Å². The molecular weight excluding hydrogens is 328 g/mol. The quantitative estimate of drug-likeness (QED) is 0.381. The standard InChI is InChI=1S/C25H40N2/c1-2-3-4-5-6-8-16-22-18-19-23-24(20-22)27-25(26-23)17-12-11-15-21-13-9-7-10-14-21/h18-21H,2-17H2,1H3,(H,26,27). The second kappa shape index (κ2) is 11.5. The number of hydrogen-bond donors (Lipinski definition) is 1. The lowest BCUT2D eigenvalue weighted by molar-refractivity contribution is 0.329. The van der Waals surface area contributed by atoms with Crippen molar-refractivity contribution in [3.63, 3.8) is 0 Å². The van der Waals surface area contributed by atoms with Crippen molar-refractivity contribution in [1.29, 1.82) is 0 Å². The van der Waals surface area contributed by atoms with E-state index in [2.05, 4.69) is 30.1 Å². The van der Waals surface area contributed by atoms with Crippen molar-refractivity contribution in [1.82, 2.24) is 9.97 Å². The summed E-state index contributed by atoms with van der Waals surface area (Å²) in [5.74, 6) is 2.20. The van der Waals surface area contributed by atoms with E-state index >= 15 is 0 Å². The van der Waals surface area contributed by atoms with Crippen LogP contribution in [0.15, 0.2) is 18.2 Å². The molecule has 1 aliphatic rings. The molecule has 2 aromatic rings. The minimum Gasteiger partial charge on any atom is -0.342 e. The first-order chi connectivity index (χ1) is 13.3. The zero-order valence-corrected chi connectivity index (χ0v) is 17.6. The smallest absolute Gasteiger partial charge is 0.107 e. The summed E-state index contributed by atoms with van der Waals surface area (Å²) >= 11 is 0. The molecule has 0 bridgehead atoms. The van der Waals surface area contributed by atoms with Crippen molar-refractivity contribution in [3.05, 3.63) is 29.6 Å². The largest absolute Gasteiger partial charge is 0.342 e. The zero-order chi connectivity index (χ0) is 18.7. The van der Waals surface area contributed by atoms with Gasteiger partial charge in [0.25, 0.3) is 0 Å². The molecule has 0 radical (unpaired) electrons. The van der Waals surface area contributed by atoms with Crippen molar-refractivity contribution in [2.75, 3.05) is 0 Å². The fraction of sp³-hybridized carbons (Fsp3) is 0.720. The highest BCUT2D eigenvalue weighted by atomic mass is 14.9. The monoisotopic (exact) mass is 368 g/mol. The molecule has 27 heavy (non-hydrogen) atoms. The van der Waals surface area contributed by atoms with E-state index in [1.165, 1.54) is 113 Å². The molecule has 0 atom stereocenters. The van der Waals surface area contributed by atoms with Gasteiger partial charge in [-0.15, -0.1) is 0 Å². The molecular formula is C25H40N2. The SMILES string of the molecule is CCCCCCCCc1ccc2nc(CCCCC3CCCCC3)[nH]c2c1. The van der Waals surface area contributed by atoms with Crippen LogP contribution in [0.3, 0.4) is 0 Å². The maximum absolute atomic E-state index is 4.81. The van der Waals surface area contributed by atoms with Gasteiger partial charge in [-0.3, -0.25) is 0 Å². The van der Waals surface area contributed by atoms with Gasteiger partial charge in [-0.2, -0.15) is 0 Å². The van der Waals surface area contributed by atoms with Gasteiger partial charge in [0, 0.05) is 6.42 Å². The van der Waals surface area contributed by atoms with E-state index in [0.717, 1.165) is 17.9 Å². The highest BCUT2D eigenvalue weighted by Crippen LogP contribution is 2.28. The van der Waals surface area contributed by atoms with Crippen molar-refractivity contribution in [3.8, 4) is 0 Å². The van der Waals surface area contributed by atoms with Crippen LogP contribution < -0.4 is 0 Å². The number of unbranched alkanes of at least 4 members (excludes halogenated alkanes) is 6. The number of H-pyrrole nitrogens is 1. The van der Waals surface area contributed by atoms with E-state index in [4.69, 9.17) is 4.98 Å². The molecule has 1 heterocycles. The van der Waals surface area contributed by atoms with Gasteiger partial charge in [0.05, 0.1) is 11.0 Å². The third-order valence-corrected chi connectivity index (χ3v) is 6.42. The Morgan fingerprint density at radius 1 is 0.889 bits per heavy atom. The van der Waals surface area contributed by atoms with Crippen molar-refractivity contribution < 1.29 is 0 Å². The number of nitrogens with zero attached hydrogens (tertiary/aromatic N) is 1. The molecule has 0 unspecified atom stereocenters.